The van der Waals surface area contributed by atoms with E-state index in [2.05, 4.69) is 12.2 Å². The first-order valence-corrected chi connectivity index (χ1v) is 4.67. The Balaban J connectivity index is 1.91. The molecule has 1 unspecified atom stereocenters. The molecule has 1 heteroatoms. The highest BCUT2D eigenvalue weighted by Crippen LogP contribution is 2.81. The van der Waals surface area contributed by atoms with Crippen LogP contribution >= 0.6 is 0 Å². The molecule has 0 aromatic heterocycles. The van der Waals surface area contributed by atoms with E-state index >= 15 is 0 Å². The second-order valence-corrected chi connectivity index (χ2v) is 4.48. The monoisotopic (exact) mass is 150 g/mol. The molecule has 1 atom stereocenters. The lowest BCUT2D eigenvalue weighted by Crippen LogP contribution is -2.34. The molecule has 0 saturated heterocycles. The molecule has 0 aliphatic heterocycles. The van der Waals surface area contributed by atoms with Gasteiger partial charge >= 0.3 is 0 Å². The summed E-state index contributed by atoms with van der Waals surface area (Å²) in [7, 11) is 0. The van der Waals surface area contributed by atoms with Gasteiger partial charge in [0.2, 0.25) is 0 Å². The number of aliphatic hydroxyl groups is 1. The van der Waals surface area contributed by atoms with E-state index in [1.54, 1.807) is 0 Å². The van der Waals surface area contributed by atoms with Crippen LogP contribution in [0.5, 0.6) is 0 Å². The third-order valence-corrected chi connectivity index (χ3v) is 3.87. The molecule has 0 amide bonds. The van der Waals surface area contributed by atoms with Crippen LogP contribution in [0.4, 0.5) is 0 Å². The Kier molecular flexibility index (Phi) is 0.885. The largest absolute Gasteiger partial charge is 0.385 e. The fourth-order valence-corrected chi connectivity index (χ4v) is 2.67. The van der Waals surface area contributed by atoms with Crippen LogP contribution < -0.4 is 0 Å². The quantitative estimate of drug-likeness (QED) is 0.566. The van der Waals surface area contributed by atoms with Gasteiger partial charge in [-0.1, -0.05) is 12.2 Å². The predicted molar refractivity (Wildman–Crippen MR) is 43.1 cm³/mol. The minimum atomic E-state index is -0.379. The van der Waals surface area contributed by atoms with E-state index in [0.29, 0.717) is 5.41 Å². The highest BCUT2D eigenvalue weighted by Gasteiger charge is 2.77. The van der Waals surface area contributed by atoms with Gasteiger partial charge in [-0.3, -0.25) is 0 Å². The van der Waals surface area contributed by atoms with Gasteiger partial charge in [-0.15, -0.1) is 0 Å². The third-order valence-electron chi connectivity index (χ3n) is 3.87. The minimum absolute atomic E-state index is 0.379. The molecule has 11 heavy (non-hydrogen) atoms. The van der Waals surface area contributed by atoms with Crippen molar-refractivity contribution in [2.24, 2.45) is 11.3 Å². The maximum absolute atomic E-state index is 10.2. The molecule has 60 valence electrons. The Morgan fingerprint density at radius 3 is 2.55 bits per heavy atom. The minimum Gasteiger partial charge on any atom is -0.385 e. The topological polar surface area (TPSA) is 20.2 Å². The zero-order valence-corrected chi connectivity index (χ0v) is 6.71. The van der Waals surface area contributed by atoms with Gasteiger partial charge in [0.15, 0.2) is 0 Å². The Hall–Kier alpha value is -0.300. The normalized spacial score (nSPS) is 58.8. The Morgan fingerprint density at radius 1 is 1.36 bits per heavy atom. The number of hydrogen-bond acceptors (Lipinski definition) is 1. The van der Waals surface area contributed by atoms with Gasteiger partial charge < -0.3 is 5.11 Å². The summed E-state index contributed by atoms with van der Waals surface area (Å²) in [5, 5.41) is 10.2. The molecule has 1 N–H and O–H groups in total. The van der Waals surface area contributed by atoms with Gasteiger partial charge in [0.1, 0.15) is 0 Å². The molecule has 0 heterocycles. The van der Waals surface area contributed by atoms with Crippen molar-refractivity contribution < 1.29 is 5.11 Å². The van der Waals surface area contributed by atoms with Crippen LogP contribution in [0, 0.1) is 11.3 Å². The van der Waals surface area contributed by atoms with Crippen LogP contribution in [0.25, 0.3) is 0 Å². The fraction of sp³-hybridized carbons (Fsp3) is 0.800. The lowest BCUT2D eigenvalue weighted by Gasteiger charge is -2.30. The summed E-state index contributed by atoms with van der Waals surface area (Å²) < 4.78 is 0. The number of hydrogen-bond donors (Lipinski definition) is 1. The van der Waals surface area contributed by atoms with E-state index in [4.69, 9.17) is 0 Å². The summed E-state index contributed by atoms with van der Waals surface area (Å²) in [6.07, 6.45) is 10.2. The van der Waals surface area contributed by atoms with E-state index in [0.717, 1.165) is 12.3 Å². The van der Waals surface area contributed by atoms with Crippen molar-refractivity contribution in [3.63, 3.8) is 0 Å². The highest BCUT2D eigenvalue weighted by molar-refractivity contribution is 5.32. The van der Waals surface area contributed by atoms with Crippen LogP contribution in [0.15, 0.2) is 12.2 Å². The van der Waals surface area contributed by atoms with Crippen molar-refractivity contribution >= 4 is 0 Å². The summed E-state index contributed by atoms with van der Waals surface area (Å²) >= 11 is 0. The van der Waals surface area contributed by atoms with Gasteiger partial charge in [0.05, 0.1) is 5.60 Å². The van der Waals surface area contributed by atoms with Gasteiger partial charge in [-0.25, -0.2) is 0 Å². The summed E-state index contributed by atoms with van der Waals surface area (Å²) in [6, 6.07) is 0. The van der Waals surface area contributed by atoms with Crippen LogP contribution in [0.2, 0.25) is 0 Å². The van der Waals surface area contributed by atoms with Crippen molar-refractivity contribution in [1.29, 1.82) is 0 Å². The highest BCUT2D eigenvalue weighted by atomic mass is 16.3. The van der Waals surface area contributed by atoms with Crippen LogP contribution in [0.3, 0.4) is 0 Å². The summed E-state index contributed by atoms with van der Waals surface area (Å²) in [5.41, 5.74) is 0.0137. The molecule has 0 radical (unpaired) electrons. The molecular weight excluding hydrogens is 136 g/mol. The molecule has 0 aromatic carbocycles. The first kappa shape index (κ1) is 6.24. The first-order valence-electron chi connectivity index (χ1n) is 4.67. The molecule has 3 aliphatic rings. The Morgan fingerprint density at radius 2 is 2.09 bits per heavy atom. The van der Waals surface area contributed by atoms with Crippen molar-refractivity contribution in [3.8, 4) is 0 Å². The van der Waals surface area contributed by atoms with Crippen LogP contribution in [-0.4, -0.2) is 10.7 Å². The molecule has 0 bridgehead atoms. The summed E-state index contributed by atoms with van der Waals surface area (Å²) in [4.78, 5) is 0. The molecule has 3 rings (SSSR count). The lowest BCUT2D eigenvalue weighted by atomic mass is 9.82. The average Bonchev–Trinajstić information content (AvgIpc) is 2.72. The Labute approximate surface area is 67.1 Å². The zero-order valence-electron chi connectivity index (χ0n) is 6.71. The predicted octanol–water partition coefficient (Wildman–Crippen LogP) is 1.87. The van der Waals surface area contributed by atoms with E-state index in [9.17, 15) is 5.11 Å². The second-order valence-electron chi connectivity index (χ2n) is 4.48. The molecule has 1 nitrogen and oxygen atoms in total. The van der Waals surface area contributed by atoms with Crippen molar-refractivity contribution in [2.45, 2.75) is 37.7 Å². The SMILES string of the molecule is OC1(C23CC2C3)C=CCCC1. The van der Waals surface area contributed by atoms with Crippen LogP contribution in [0.1, 0.15) is 32.1 Å². The van der Waals surface area contributed by atoms with Crippen molar-refractivity contribution in [3.05, 3.63) is 12.2 Å². The third kappa shape index (κ3) is 0.610. The molecule has 2 saturated carbocycles. The van der Waals surface area contributed by atoms with Crippen LogP contribution in [-0.2, 0) is 0 Å². The number of rotatable bonds is 1. The van der Waals surface area contributed by atoms with Gasteiger partial charge in [-0.05, 0) is 38.0 Å². The second kappa shape index (κ2) is 1.56. The zero-order chi connectivity index (χ0) is 7.53. The molecule has 2 fully saturated rings. The maximum atomic E-state index is 10.2. The van der Waals surface area contributed by atoms with Crippen molar-refractivity contribution in [2.75, 3.05) is 0 Å². The van der Waals surface area contributed by atoms with Gasteiger partial charge in [0, 0.05) is 5.41 Å². The first-order chi connectivity index (χ1) is 5.27. The van der Waals surface area contributed by atoms with E-state index in [1.165, 1.54) is 25.7 Å². The smallest absolute Gasteiger partial charge is 0.0886 e. The van der Waals surface area contributed by atoms with E-state index in [-0.39, 0.29) is 5.60 Å². The van der Waals surface area contributed by atoms with Gasteiger partial charge in [-0.2, -0.15) is 0 Å². The average molecular weight is 150 g/mol. The summed E-state index contributed by atoms with van der Waals surface area (Å²) in [6.45, 7) is 0. The Bertz CT molecular complexity index is 225. The van der Waals surface area contributed by atoms with Gasteiger partial charge in [0.25, 0.3) is 0 Å². The molecular formula is C10H14O. The van der Waals surface area contributed by atoms with Crippen molar-refractivity contribution in [1.82, 2.24) is 0 Å². The molecule has 0 spiro atoms. The summed E-state index contributed by atoms with van der Waals surface area (Å²) in [5.74, 6) is 0.898. The lowest BCUT2D eigenvalue weighted by molar-refractivity contribution is 0.0263. The standard InChI is InChI=1S/C10H14O/c11-10(4-2-1-3-5-10)9-6-8(9)7-9/h2,4,8,11H,1,3,5-7H2. The van der Waals surface area contributed by atoms with E-state index < -0.39 is 0 Å². The maximum Gasteiger partial charge on any atom is 0.0886 e. The molecule has 3 aliphatic carbocycles. The van der Waals surface area contributed by atoms with E-state index in [1.807, 2.05) is 0 Å². The molecule has 0 aromatic rings. The fourth-order valence-electron chi connectivity index (χ4n) is 2.67. The number of allylic oxidation sites excluding steroid dienone is 1. The number of fused-ring (bicyclic) bond motifs is 1.